The summed E-state index contributed by atoms with van der Waals surface area (Å²) in [4.78, 5) is 7.05. The van der Waals surface area contributed by atoms with Crippen molar-refractivity contribution in [1.29, 1.82) is 0 Å². The molecule has 1 rings (SSSR count). The summed E-state index contributed by atoms with van der Waals surface area (Å²) in [7, 11) is 0. The third kappa shape index (κ3) is 8.06. The van der Waals surface area contributed by atoms with Gasteiger partial charge in [-0.15, -0.1) is 0 Å². The molecule has 0 fully saturated rings. The molecule has 0 aromatic heterocycles. The number of alkyl halides is 6. The van der Waals surface area contributed by atoms with Gasteiger partial charge in [0.25, 0.3) is 0 Å². The first-order valence-corrected chi connectivity index (χ1v) is 11.0. The quantitative estimate of drug-likeness (QED) is 0.242. The van der Waals surface area contributed by atoms with Crippen LogP contribution in [0.1, 0.15) is 58.9 Å². The predicted octanol–water partition coefficient (Wildman–Crippen LogP) is 7.12. The Morgan fingerprint density at radius 2 is 1.06 bits per heavy atom. The molecule has 0 spiro atoms. The molecular formula is C23H33F6N3. The molecule has 0 unspecified atom stereocenters. The van der Waals surface area contributed by atoms with Gasteiger partial charge < -0.3 is 9.80 Å². The molecule has 0 radical (unpaired) electrons. The number of rotatable bonds is 12. The highest BCUT2D eigenvalue weighted by atomic mass is 19.4. The first-order chi connectivity index (χ1) is 15.0. The lowest BCUT2D eigenvalue weighted by atomic mass is 10.1. The lowest BCUT2D eigenvalue weighted by Gasteiger charge is -2.37. The maximum Gasteiger partial charge on any atom is 0.438 e. The molecule has 0 saturated heterocycles. The van der Waals surface area contributed by atoms with Crippen LogP contribution in [0.4, 0.5) is 26.3 Å². The van der Waals surface area contributed by atoms with Crippen molar-refractivity contribution in [3.8, 4) is 0 Å². The van der Waals surface area contributed by atoms with Crippen LogP contribution >= 0.6 is 0 Å². The van der Waals surface area contributed by atoms with Crippen molar-refractivity contribution in [3.05, 3.63) is 41.7 Å². The maximum absolute atomic E-state index is 13.4. The van der Waals surface area contributed by atoms with Crippen LogP contribution in [0, 0.1) is 0 Å². The fourth-order valence-electron chi connectivity index (χ4n) is 3.47. The maximum atomic E-state index is 13.4. The van der Waals surface area contributed by atoms with E-state index in [-0.39, 0.29) is 11.3 Å². The van der Waals surface area contributed by atoms with Crippen LogP contribution in [0.15, 0.2) is 41.1 Å². The molecule has 9 heteroatoms. The molecule has 1 aromatic rings. The Morgan fingerprint density at radius 1 is 0.688 bits per heavy atom. The van der Waals surface area contributed by atoms with Gasteiger partial charge in [-0.3, -0.25) is 0 Å². The first kappa shape index (κ1) is 27.8. The van der Waals surface area contributed by atoms with E-state index in [1.807, 2.05) is 37.5 Å². The number of hydrogen-bond acceptors (Lipinski definition) is 3. The van der Waals surface area contributed by atoms with E-state index in [9.17, 15) is 26.3 Å². The normalized spacial score (nSPS) is 11.8. The Bertz CT molecular complexity index is 692. The molecule has 1 aromatic carbocycles. The van der Waals surface area contributed by atoms with E-state index in [1.54, 1.807) is 18.2 Å². The van der Waals surface area contributed by atoms with Gasteiger partial charge in [-0.25, -0.2) is 4.99 Å². The molecule has 0 aliphatic carbocycles. The molecule has 182 valence electrons. The van der Waals surface area contributed by atoms with Gasteiger partial charge in [0.15, 0.2) is 0 Å². The Hall–Kier alpha value is -2.19. The van der Waals surface area contributed by atoms with Crippen LogP contribution in [0.2, 0.25) is 0 Å². The second-order valence-electron chi connectivity index (χ2n) is 7.47. The van der Waals surface area contributed by atoms with Gasteiger partial charge in [0.1, 0.15) is 11.5 Å². The summed E-state index contributed by atoms with van der Waals surface area (Å²) in [6, 6.07) is 7.81. The summed E-state index contributed by atoms with van der Waals surface area (Å²) < 4.78 is 80.7. The zero-order valence-electron chi connectivity index (χ0n) is 19.2. The van der Waals surface area contributed by atoms with Crippen LogP contribution in [-0.2, 0) is 0 Å². The fourth-order valence-corrected chi connectivity index (χ4v) is 3.47. The third-order valence-corrected chi connectivity index (χ3v) is 4.59. The van der Waals surface area contributed by atoms with E-state index < -0.39 is 18.1 Å². The largest absolute Gasteiger partial charge is 0.438 e. The van der Waals surface area contributed by atoms with Crippen molar-refractivity contribution >= 4 is 11.4 Å². The molecule has 0 amide bonds. The second-order valence-corrected chi connectivity index (χ2v) is 7.47. The zero-order chi connectivity index (χ0) is 24.4. The molecule has 0 atom stereocenters. The van der Waals surface area contributed by atoms with E-state index in [4.69, 9.17) is 0 Å². The Kier molecular flexibility index (Phi) is 11.1. The zero-order valence-corrected chi connectivity index (χ0v) is 19.2. The number of nitrogens with zero attached hydrogens (tertiary/aromatic N) is 3. The van der Waals surface area contributed by atoms with Gasteiger partial charge in [0.05, 0.1) is 0 Å². The Morgan fingerprint density at radius 3 is 1.38 bits per heavy atom. The van der Waals surface area contributed by atoms with E-state index >= 15 is 0 Å². The van der Waals surface area contributed by atoms with Crippen LogP contribution in [0.5, 0.6) is 0 Å². The average Bonchev–Trinajstić information content (AvgIpc) is 2.70. The molecule has 0 N–H and O–H groups in total. The highest BCUT2D eigenvalue weighted by Gasteiger charge is 2.53. The second kappa shape index (κ2) is 12.7. The molecule has 0 bridgehead atoms. The summed E-state index contributed by atoms with van der Waals surface area (Å²) in [5.74, 6) is 0.314. The van der Waals surface area contributed by atoms with Gasteiger partial charge in [0.2, 0.25) is 5.71 Å². The number of hydrogen-bond donors (Lipinski definition) is 0. The lowest BCUT2D eigenvalue weighted by Crippen LogP contribution is -2.40. The smallest absolute Gasteiger partial charge is 0.356 e. The van der Waals surface area contributed by atoms with Crippen LogP contribution in [-0.4, -0.2) is 54.0 Å². The highest BCUT2D eigenvalue weighted by Crippen LogP contribution is 2.35. The Labute approximate surface area is 186 Å². The van der Waals surface area contributed by atoms with E-state index in [1.165, 1.54) is 12.1 Å². The van der Waals surface area contributed by atoms with Crippen molar-refractivity contribution < 1.29 is 26.3 Å². The molecule has 0 aliphatic heterocycles. The van der Waals surface area contributed by atoms with Crippen molar-refractivity contribution in [2.24, 2.45) is 4.99 Å². The minimum absolute atomic E-state index is 0.211. The molecular weight excluding hydrogens is 432 g/mol. The molecule has 0 saturated carbocycles. The standard InChI is InChI=1S/C23H33F6N3/c1-5-14-31(15-6-2)20(32(16-7-3)17-8-4)19(18-12-10-9-11-13-18)30-21(22(24,25)26)23(27,28)29/h9-13H,5-8,14-17H2,1-4H3. The minimum atomic E-state index is -5.63. The van der Waals surface area contributed by atoms with Crippen molar-refractivity contribution in [2.75, 3.05) is 26.2 Å². The van der Waals surface area contributed by atoms with Gasteiger partial charge in [0, 0.05) is 31.7 Å². The van der Waals surface area contributed by atoms with E-state index in [0.717, 1.165) is 0 Å². The molecule has 3 nitrogen and oxygen atoms in total. The van der Waals surface area contributed by atoms with Crippen LogP contribution in [0.3, 0.4) is 0 Å². The van der Waals surface area contributed by atoms with Gasteiger partial charge in [-0.05, 0) is 25.7 Å². The van der Waals surface area contributed by atoms with Crippen molar-refractivity contribution in [2.45, 2.75) is 65.7 Å². The molecule has 0 heterocycles. The molecule has 0 aliphatic rings. The minimum Gasteiger partial charge on any atom is -0.356 e. The summed E-state index contributed by atoms with van der Waals surface area (Å²) >= 11 is 0. The first-order valence-electron chi connectivity index (χ1n) is 11.0. The van der Waals surface area contributed by atoms with Crippen LogP contribution < -0.4 is 0 Å². The topological polar surface area (TPSA) is 18.8 Å². The summed E-state index contributed by atoms with van der Waals surface area (Å²) in [5.41, 5.74) is -2.84. The predicted molar refractivity (Wildman–Crippen MR) is 117 cm³/mol. The van der Waals surface area contributed by atoms with Gasteiger partial charge in [-0.2, -0.15) is 26.3 Å². The van der Waals surface area contributed by atoms with Gasteiger partial charge >= 0.3 is 12.4 Å². The monoisotopic (exact) mass is 465 g/mol. The summed E-state index contributed by atoms with van der Waals surface area (Å²) in [5, 5.41) is 0. The number of halogens is 6. The van der Waals surface area contributed by atoms with Crippen molar-refractivity contribution in [1.82, 2.24) is 9.80 Å². The third-order valence-electron chi connectivity index (χ3n) is 4.59. The average molecular weight is 466 g/mol. The molecule has 32 heavy (non-hydrogen) atoms. The fraction of sp³-hybridized carbons (Fsp3) is 0.609. The Balaban J connectivity index is 4.06. The van der Waals surface area contributed by atoms with Gasteiger partial charge in [-0.1, -0.05) is 58.0 Å². The SMILES string of the molecule is CCCN(CCC)C(=C(N=C(C(F)(F)F)C(F)(F)F)c1ccccc1)N(CCC)CCC. The summed E-state index contributed by atoms with van der Waals surface area (Å²) in [6.45, 7) is 9.66. The van der Waals surface area contributed by atoms with Crippen LogP contribution in [0.25, 0.3) is 5.70 Å². The van der Waals surface area contributed by atoms with E-state index in [2.05, 4.69) is 4.99 Å². The highest BCUT2D eigenvalue weighted by molar-refractivity contribution is 5.98. The summed E-state index contributed by atoms with van der Waals surface area (Å²) in [6.07, 6.45) is -8.52. The number of aliphatic imine (C=N–C) groups is 1. The number of benzene rings is 1. The van der Waals surface area contributed by atoms with E-state index in [0.29, 0.717) is 57.7 Å². The lowest BCUT2D eigenvalue weighted by molar-refractivity contribution is -0.117. The van der Waals surface area contributed by atoms with Crippen molar-refractivity contribution in [3.63, 3.8) is 0 Å².